The van der Waals surface area contributed by atoms with Crippen molar-refractivity contribution in [3.05, 3.63) is 29.8 Å². The highest BCUT2D eigenvalue weighted by atomic mass is 32.2. The normalized spacial score (nSPS) is 12.2. The molecule has 0 spiro atoms. The number of rotatable bonds is 6. The van der Waals surface area contributed by atoms with E-state index in [0.717, 1.165) is 11.3 Å². The van der Waals surface area contributed by atoms with Gasteiger partial charge in [0, 0.05) is 5.75 Å². The van der Waals surface area contributed by atoms with Crippen molar-refractivity contribution in [1.82, 2.24) is 10.2 Å². The summed E-state index contributed by atoms with van der Waals surface area (Å²) >= 11 is 2.17. The average molecular weight is 389 g/mol. The molecular formula is C12H9F6N3OS2. The van der Waals surface area contributed by atoms with Crippen molar-refractivity contribution in [3.8, 4) is 5.75 Å². The summed E-state index contributed by atoms with van der Waals surface area (Å²) in [5.74, 6) is 0.0472. The van der Waals surface area contributed by atoms with E-state index in [9.17, 15) is 26.3 Å². The molecule has 0 aliphatic heterocycles. The first kappa shape index (κ1) is 18.6. The van der Waals surface area contributed by atoms with E-state index in [4.69, 9.17) is 0 Å². The lowest BCUT2D eigenvalue weighted by atomic mass is 10.2. The highest BCUT2D eigenvalue weighted by Gasteiger charge is 2.31. The van der Waals surface area contributed by atoms with E-state index in [0.29, 0.717) is 15.7 Å². The Bertz CT molecular complexity index is 656. The predicted molar refractivity (Wildman–Crippen MR) is 77.1 cm³/mol. The third-order valence-electron chi connectivity index (χ3n) is 2.37. The summed E-state index contributed by atoms with van der Waals surface area (Å²) in [5.41, 5.74) is 0.703. The lowest BCUT2D eigenvalue weighted by Gasteiger charge is -2.08. The van der Waals surface area contributed by atoms with E-state index >= 15 is 0 Å². The Morgan fingerprint density at radius 2 is 1.71 bits per heavy atom. The standard InChI is InChI=1S/C12H9F6N3OS2/c13-11(14,15)6-19-9-20-21-10(24-9)23-5-7-1-3-8(4-2-7)22-12(16,17)18/h1-4H,5-6H2,(H,19,20). The fourth-order valence-electron chi connectivity index (χ4n) is 1.45. The molecule has 12 heteroatoms. The first-order valence-electron chi connectivity index (χ1n) is 6.22. The van der Waals surface area contributed by atoms with Crippen LogP contribution in [0.3, 0.4) is 0 Å². The van der Waals surface area contributed by atoms with Crippen molar-refractivity contribution < 1.29 is 31.1 Å². The van der Waals surface area contributed by atoms with Gasteiger partial charge in [0.25, 0.3) is 0 Å². The Balaban J connectivity index is 1.84. The smallest absolute Gasteiger partial charge is 0.406 e. The average Bonchev–Trinajstić information content (AvgIpc) is 2.90. The maximum absolute atomic E-state index is 12.1. The van der Waals surface area contributed by atoms with Gasteiger partial charge in [-0.2, -0.15) is 13.2 Å². The van der Waals surface area contributed by atoms with Crippen LogP contribution in [0.25, 0.3) is 0 Å². The second kappa shape index (κ2) is 7.47. The van der Waals surface area contributed by atoms with Crippen LogP contribution in [-0.4, -0.2) is 29.3 Å². The summed E-state index contributed by atoms with van der Waals surface area (Å²) < 4.78 is 76.5. The van der Waals surface area contributed by atoms with Crippen LogP contribution in [-0.2, 0) is 5.75 Å². The second-order valence-corrected chi connectivity index (χ2v) is 6.52. The van der Waals surface area contributed by atoms with E-state index in [2.05, 4.69) is 20.3 Å². The van der Waals surface area contributed by atoms with Gasteiger partial charge in [-0.25, -0.2) is 0 Å². The Labute approximate surface area is 140 Å². The monoisotopic (exact) mass is 389 g/mol. The molecule has 0 bridgehead atoms. The number of nitrogens with zero attached hydrogens (tertiary/aromatic N) is 2. The Morgan fingerprint density at radius 3 is 2.29 bits per heavy atom. The number of halogens is 6. The number of hydrogen-bond donors (Lipinski definition) is 1. The molecule has 0 saturated carbocycles. The first-order chi connectivity index (χ1) is 11.1. The quantitative estimate of drug-likeness (QED) is 0.573. The molecule has 1 aromatic carbocycles. The lowest BCUT2D eigenvalue weighted by molar-refractivity contribution is -0.274. The zero-order valence-electron chi connectivity index (χ0n) is 11.6. The summed E-state index contributed by atoms with van der Waals surface area (Å²) in [6.07, 6.45) is -9.10. The van der Waals surface area contributed by atoms with Gasteiger partial charge in [0.15, 0.2) is 4.34 Å². The molecule has 1 N–H and O–H groups in total. The van der Waals surface area contributed by atoms with Crippen LogP contribution >= 0.6 is 23.1 Å². The van der Waals surface area contributed by atoms with Crippen molar-refractivity contribution in [2.24, 2.45) is 0 Å². The number of hydrogen-bond acceptors (Lipinski definition) is 6. The van der Waals surface area contributed by atoms with E-state index in [1.807, 2.05) is 0 Å². The second-order valence-electron chi connectivity index (χ2n) is 4.32. The lowest BCUT2D eigenvalue weighted by Crippen LogP contribution is -2.21. The van der Waals surface area contributed by atoms with E-state index < -0.39 is 19.1 Å². The predicted octanol–water partition coefficient (Wildman–Crippen LogP) is 4.70. The molecule has 1 heterocycles. The number of ether oxygens (including phenoxy) is 1. The fraction of sp³-hybridized carbons (Fsp3) is 0.333. The van der Waals surface area contributed by atoms with Crippen molar-refractivity contribution in [1.29, 1.82) is 0 Å². The van der Waals surface area contributed by atoms with Crippen LogP contribution < -0.4 is 10.1 Å². The molecule has 0 atom stereocenters. The minimum absolute atomic E-state index is 0.0451. The molecule has 2 aromatic rings. The Hall–Kier alpha value is -1.69. The van der Waals surface area contributed by atoms with E-state index in [-0.39, 0.29) is 10.9 Å². The van der Waals surface area contributed by atoms with Gasteiger partial charge in [-0.3, -0.25) is 0 Å². The summed E-state index contributed by atoms with van der Waals surface area (Å²) in [7, 11) is 0. The number of anilines is 1. The van der Waals surface area contributed by atoms with Gasteiger partial charge in [-0.15, -0.1) is 23.4 Å². The number of alkyl halides is 6. The molecule has 0 fully saturated rings. The van der Waals surface area contributed by atoms with Crippen LogP contribution in [0.4, 0.5) is 31.5 Å². The van der Waals surface area contributed by atoms with Crippen LogP contribution in [0, 0.1) is 0 Å². The molecular weight excluding hydrogens is 380 g/mol. The molecule has 2 rings (SSSR count). The molecule has 0 amide bonds. The summed E-state index contributed by atoms with van der Waals surface area (Å²) in [4.78, 5) is 0. The third kappa shape index (κ3) is 6.83. The van der Waals surface area contributed by atoms with Crippen LogP contribution in [0.1, 0.15) is 5.56 Å². The van der Waals surface area contributed by atoms with Crippen LogP contribution in [0.2, 0.25) is 0 Å². The molecule has 1 aromatic heterocycles. The van der Waals surface area contributed by atoms with E-state index in [1.54, 1.807) is 0 Å². The topological polar surface area (TPSA) is 47.0 Å². The maximum atomic E-state index is 12.1. The Kier molecular flexibility index (Phi) is 5.80. The minimum Gasteiger partial charge on any atom is -0.406 e. The van der Waals surface area contributed by atoms with Gasteiger partial charge in [0.05, 0.1) is 0 Å². The van der Waals surface area contributed by atoms with Gasteiger partial charge < -0.3 is 10.1 Å². The minimum atomic E-state index is -4.75. The van der Waals surface area contributed by atoms with Crippen molar-refractivity contribution in [2.45, 2.75) is 22.6 Å². The maximum Gasteiger partial charge on any atom is 0.573 e. The molecule has 0 saturated heterocycles. The number of aromatic nitrogens is 2. The largest absolute Gasteiger partial charge is 0.573 e. The van der Waals surface area contributed by atoms with Crippen LogP contribution in [0.5, 0.6) is 5.75 Å². The van der Waals surface area contributed by atoms with E-state index in [1.165, 1.54) is 36.0 Å². The molecule has 132 valence electrons. The number of nitrogens with one attached hydrogen (secondary N) is 1. The Morgan fingerprint density at radius 1 is 1.04 bits per heavy atom. The number of thioether (sulfide) groups is 1. The molecule has 0 unspecified atom stereocenters. The third-order valence-corrected chi connectivity index (χ3v) is 4.45. The molecule has 4 nitrogen and oxygen atoms in total. The van der Waals surface area contributed by atoms with Gasteiger partial charge in [0.1, 0.15) is 12.3 Å². The van der Waals surface area contributed by atoms with Crippen molar-refractivity contribution >= 4 is 28.2 Å². The van der Waals surface area contributed by atoms with Gasteiger partial charge >= 0.3 is 12.5 Å². The molecule has 0 radical (unpaired) electrons. The summed E-state index contributed by atoms with van der Waals surface area (Å²) in [6, 6.07) is 5.27. The van der Waals surface area contributed by atoms with Crippen molar-refractivity contribution in [2.75, 3.05) is 11.9 Å². The molecule has 0 aliphatic carbocycles. The number of benzene rings is 1. The van der Waals surface area contributed by atoms with Crippen LogP contribution in [0.15, 0.2) is 28.6 Å². The van der Waals surface area contributed by atoms with Gasteiger partial charge in [-0.05, 0) is 17.7 Å². The highest BCUT2D eigenvalue weighted by molar-refractivity contribution is 8.00. The fourth-order valence-corrected chi connectivity index (χ4v) is 3.15. The van der Waals surface area contributed by atoms with Gasteiger partial charge in [-0.1, -0.05) is 35.2 Å². The first-order valence-corrected chi connectivity index (χ1v) is 8.02. The molecule has 0 aliphatic rings. The molecule has 24 heavy (non-hydrogen) atoms. The summed E-state index contributed by atoms with van der Waals surface area (Å²) in [6.45, 7) is -1.20. The summed E-state index contributed by atoms with van der Waals surface area (Å²) in [5, 5.41) is 9.46. The SMILES string of the molecule is FC(F)(F)CNc1nnc(SCc2ccc(OC(F)(F)F)cc2)s1. The highest BCUT2D eigenvalue weighted by Crippen LogP contribution is 2.30. The zero-order chi connectivity index (χ0) is 17.8. The van der Waals surface area contributed by atoms with Gasteiger partial charge in [0.2, 0.25) is 5.13 Å². The zero-order valence-corrected chi connectivity index (χ0v) is 13.2. The van der Waals surface area contributed by atoms with Crippen molar-refractivity contribution in [3.63, 3.8) is 0 Å².